The van der Waals surface area contributed by atoms with Crippen LogP contribution in [0.1, 0.15) is 38.5 Å². The number of ketones is 1. The summed E-state index contributed by atoms with van der Waals surface area (Å²) in [6.07, 6.45) is 5.50. The second kappa shape index (κ2) is 3.00. The molecule has 0 N–H and O–H groups in total. The van der Waals surface area contributed by atoms with Crippen LogP contribution in [0.3, 0.4) is 0 Å². The SMILES string of the molecule is O=C1CCC2CCCCC2=C1F. The first-order valence-corrected chi connectivity index (χ1v) is 4.71. The molecule has 0 bridgehead atoms. The zero-order chi connectivity index (χ0) is 8.55. The van der Waals surface area contributed by atoms with Crippen molar-refractivity contribution in [3.63, 3.8) is 0 Å². The molecule has 1 fully saturated rings. The van der Waals surface area contributed by atoms with Crippen molar-refractivity contribution in [3.8, 4) is 0 Å². The Bertz CT molecular complexity index is 242. The maximum atomic E-state index is 13.2. The summed E-state index contributed by atoms with van der Waals surface area (Å²) in [4.78, 5) is 11.0. The van der Waals surface area contributed by atoms with E-state index >= 15 is 0 Å². The number of hydrogen-bond acceptors (Lipinski definition) is 1. The van der Waals surface area contributed by atoms with Gasteiger partial charge in [0.15, 0.2) is 11.6 Å². The summed E-state index contributed by atoms with van der Waals surface area (Å²) in [5.41, 5.74) is 0.831. The molecule has 2 heteroatoms. The van der Waals surface area contributed by atoms with E-state index in [1.54, 1.807) is 0 Å². The number of carbonyl (C=O) groups is 1. The van der Waals surface area contributed by atoms with Gasteiger partial charge in [-0.2, -0.15) is 0 Å². The Labute approximate surface area is 71.6 Å². The van der Waals surface area contributed by atoms with Crippen molar-refractivity contribution in [2.75, 3.05) is 0 Å². The lowest BCUT2D eigenvalue weighted by Crippen LogP contribution is -2.20. The first-order chi connectivity index (χ1) is 5.79. The zero-order valence-electron chi connectivity index (χ0n) is 7.11. The molecule has 0 aromatic rings. The van der Waals surface area contributed by atoms with Gasteiger partial charge in [-0.05, 0) is 37.2 Å². The van der Waals surface area contributed by atoms with Crippen molar-refractivity contribution in [3.05, 3.63) is 11.4 Å². The lowest BCUT2D eigenvalue weighted by molar-refractivity contribution is -0.118. The van der Waals surface area contributed by atoms with Gasteiger partial charge in [-0.15, -0.1) is 0 Å². The molecule has 0 radical (unpaired) electrons. The molecule has 2 aliphatic rings. The minimum atomic E-state index is -0.397. The monoisotopic (exact) mass is 168 g/mol. The molecule has 0 aliphatic heterocycles. The summed E-state index contributed by atoms with van der Waals surface area (Å²) < 4.78 is 13.2. The Morgan fingerprint density at radius 1 is 1.17 bits per heavy atom. The van der Waals surface area contributed by atoms with Crippen LogP contribution in [0, 0.1) is 5.92 Å². The average molecular weight is 168 g/mol. The molecular formula is C10H13FO. The molecule has 12 heavy (non-hydrogen) atoms. The quantitative estimate of drug-likeness (QED) is 0.543. The fourth-order valence-electron chi connectivity index (χ4n) is 2.29. The van der Waals surface area contributed by atoms with Crippen molar-refractivity contribution >= 4 is 5.78 Å². The zero-order valence-corrected chi connectivity index (χ0v) is 7.11. The van der Waals surface area contributed by atoms with E-state index in [1.807, 2.05) is 0 Å². The predicted molar refractivity (Wildman–Crippen MR) is 44.3 cm³/mol. The number of fused-ring (bicyclic) bond motifs is 1. The maximum absolute atomic E-state index is 13.2. The highest BCUT2D eigenvalue weighted by molar-refractivity contribution is 5.94. The van der Waals surface area contributed by atoms with Gasteiger partial charge in [-0.1, -0.05) is 6.42 Å². The molecule has 0 heterocycles. The van der Waals surface area contributed by atoms with Crippen molar-refractivity contribution < 1.29 is 9.18 Å². The Morgan fingerprint density at radius 3 is 2.83 bits per heavy atom. The summed E-state index contributed by atoms with van der Waals surface area (Å²) in [7, 11) is 0. The van der Waals surface area contributed by atoms with Gasteiger partial charge in [-0.3, -0.25) is 4.79 Å². The van der Waals surface area contributed by atoms with Crippen LogP contribution >= 0.6 is 0 Å². The number of allylic oxidation sites excluding steroid dienone is 2. The van der Waals surface area contributed by atoms with Crippen molar-refractivity contribution in [1.82, 2.24) is 0 Å². The number of Topliss-reactive ketones (excluding diaryl/α,β-unsaturated/α-hetero) is 1. The van der Waals surface area contributed by atoms with Crippen molar-refractivity contribution in [1.29, 1.82) is 0 Å². The number of halogens is 1. The fourth-order valence-corrected chi connectivity index (χ4v) is 2.29. The van der Waals surface area contributed by atoms with Gasteiger partial charge in [0.25, 0.3) is 0 Å². The van der Waals surface area contributed by atoms with Gasteiger partial charge in [0.1, 0.15) is 0 Å². The molecule has 0 saturated heterocycles. The molecule has 0 aromatic carbocycles. The molecule has 1 saturated carbocycles. The highest BCUT2D eigenvalue weighted by atomic mass is 19.1. The number of hydrogen-bond donors (Lipinski definition) is 0. The first-order valence-electron chi connectivity index (χ1n) is 4.71. The number of carbonyl (C=O) groups excluding carboxylic acids is 1. The summed E-state index contributed by atoms with van der Waals surface area (Å²) in [5.74, 6) is -0.259. The predicted octanol–water partition coefficient (Wildman–Crippen LogP) is 2.76. The van der Waals surface area contributed by atoms with E-state index in [0.29, 0.717) is 12.3 Å². The van der Waals surface area contributed by atoms with Crippen molar-refractivity contribution in [2.45, 2.75) is 38.5 Å². The highest BCUT2D eigenvalue weighted by Gasteiger charge is 2.30. The standard InChI is InChI=1S/C10H13FO/c11-10-8-4-2-1-3-7(8)5-6-9(10)12/h7H,1-6H2. The maximum Gasteiger partial charge on any atom is 0.191 e. The van der Waals surface area contributed by atoms with Gasteiger partial charge in [0.2, 0.25) is 0 Å². The molecule has 1 nitrogen and oxygen atoms in total. The van der Waals surface area contributed by atoms with E-state index < -0.39 is 5.83 Å². The van der Waals surface area contributed by atoms with Crippen LogP contribution in [-0.2, 0) is 4.79 Å². The Kier molecular flexibility index (Phi) is 1.99. The molecule has 66 valence electrons. The third-order valence-electron chi connectivity index (χ3n) is 2.99. The topological polar surface area (TPSA) is 17.1 Å². The van der Waals surface area contributed by atoms with Crippen LogP contribution in [0.15, 0.2) is 11.4 Å². The summed E-state index contributed by atoms with van der Waals surface area (Å²) in [5, 5.41) is 0. The lowest BCUT2D eigenvalue weighted by atomic mass is 9.77. The van der Waals surface area contributed by atoms with Gasteiger partial charge >= 0.3 is 0 Å². The molecule has 1 atom stereocenters. The molecular weight excluding hydrogens is 155 g/mol. The van der Waals surface area contributed by atoms with E-state index in [-0.39, 0.29) is 5.78 Å². The lowest BCUT2D eigenvalue weighted by Gasteiger charge is -2.28. The van der Waals surface area contributed by atoms with E-state index in [9.17, 15) is 9.18 Å². The molecule has 0 amide bonds. The minimum absolute atomic E-state index is 0.261. The molecule has 0 spiro atoms. The van der Waals surface area contributed by atoms with Crippen LogP contribution in [0.5, 0.6) is 0 Å². The van der Waals surface area contributed by atoms with E-state index in [2.05, 4.69) is 0 Å². The normalized spacial score (nSPS) is 30.4. The van der Waals surface area contributed by atoms with E-state index in [0.717, 1.165) is 31.3 Å². The number of rotatable bonds is 0. The van der Waals surface area contributed by atoms with Crippen LogP contribution in [-0.4, -0.2) is 5.78 Å². The fraction of sp³-hybridized carbons (Fsp3) is 0.700. The average Bonchev–Trinajstić information content (AvgIpc) is 2.12. The summed E-state index contributed by atoms with van der Waals surface area (Å²) in [6, 6.07) is 0. The van der Waals surface area contributed by atoms with Gasteiger partial charge in [0, 0.05) is 6.42 Å². The summed E-state index contributed by atoms with van der Waals surface area (Å²) >= 11 is 0. The third-order valence-corrected chi connectivity index (χ3v) is 2.99. The third kappa shape index (κ3) is 1.19. The molecule has 0 aromatic heterocycles. The highest BCUT2D eigenvalue weighted by Crippen LogP contribution is 2.38. The summed E-state index contributed by atoms with van der Waals surface area (Å²) in [6.45, 7) is 0. The van der Waals surface area contributed by atoms with Crippen LogP contribution in [0.2, 0.25) is 0 Å². The first kappa shape index (κ1) is 7.96. The molecule has 1 unspecified atom stereocenters. The van der Waals surface area contributed by atoms with Crippen molar-refractivity contribution in [2.24, 2.45) is 5.92 Å². The van der Waals surface area contributed by atoms with Gasteiger partial charge in [-0.25, -0.2) is 4.39 Å². The van der Waals surface area contributed by atoms with E-state index in [1.165, 1.54) is 6.42 Å². The van der Waals surface area contributed by atoms with Crippen LogP contribution in [0.25, 0.3) is 0 Å². The smallest absolute Gasteiger partial charge is 0.191 e. The Morgan fingerprint density at radius 2 is 2.00 bits per heavy atom. The van der Waals surface area contributed by atoms with Gasteiger partial charge in [0.05, 0.1) is 0 Å². The minimum Gasteiger partial charge on any atom is -0.292 e. The Hall–Kier alpha value is -0.660. The second-order valence-electron chi connectivity index (χ2n) is 3.74. The van der Waals surface area contributed by atoms with Crippen LogP contribution < -0.4 is 0 Å². The second-order valence-corrected chi connectivity index (χ2v) is 3.74. The van der Waals surface area contributed by atoms with Gasteiger partial charge < -0.3 is 0 Å². The molecule has 2 aliphatic carbocycles. The molecule has 2 rings (SSSR count). The van der Waals surface area contributed by atoms with E-state index in [4.69, 9.17) is 0 Å². The largest absolute Gasteiger partial charge is 0.292 e. The Balaban J connectivity index is 2.29. The van der Waals surface area contributed by atoms with Crippen LogP contribution in [0.4, 0.5) is 4.39 Å².